The maximum absolute atomic E-state index is 13.8. The average molecular weight is 607 g/mol. The summed E-state index contributed by atoms with van der Waals surface area (Å²) in [5.41, 5.74) is 1.25. The Labute approximate surface area is 243 Å². The second kappa shape index (κ2) is 12.7. The summed E-state index contributed by atoms with van der Waals surface area (Å²) >= 11 is 0. The van der Waals surface area contributed by atoms with Gasteiger partial charge in [0.1, 0.15) is 11.6 Å². The van der Waals surface area contributed by atoms with E-state index in [-0.39, 0.29) is 39.3 Å². The third-order valence-electron chi connectivity index (χ3n) is 6.62. The number of hydrogen-bond acceptors (Lipinski definition) is 6. The lowest BCUT2D eigenvalue weighted by atomic mass is 10.1. The number of rotatable bonds is 10. The number of carbonyl (C=O) groups excluding carboxylic acids is 1. The number of halogens is 6. The van der Waals surface area contributed by atoms with E-state index in [9.17, 15) is 31.1 Å². The Morgan fingerprint density at radius 1 is 1.05 bits per heavy atom. The first-order valence-corrected chi connectivity index (χ1v) is 12.9. The van der Waals surface area contributed by atoms with Gasteiger partial charge in [0.2, 0.25) is 0 Å². The minimum Gasteiger partial charge on any atom is -0.496 e. The molecule has 0 saturated heterocycles. The Morgan fingerprint density at radius 3 is 2.42 bits per heavy atom. The standard InChI is InChI=1S/C29H28F6N6O2/c1-39(2)11-12-40(3)23-15-24(43-4)17(13-21(23)38-28(42)26(30)27(31)32)14-25-36-10-9-20(37-25)19-16-41(29(33,34)35)22-8-6-5-7-18(19)22/h5-10,13,15-16H,11-12,14H2,1-4H3,(H,38,42). The van der Waals surface area contributed by atoms with Crippen molar-refractivity contribution in [2.45, 2.75) is 12.7 Å². The van der Waals surface area contributed by atoms with Gasteiger partial charge in [-0.25, -0.2) is 9.97 Å². The normalized spacial score (nSPS) is 11.6. The summed E-state index contributed by atoms with van der Waals surface area (Å²) in [6, 6.07) is 10.5. The summed E-state index contributed by atoms with van der Waals surface area (Å²) < 4.78 is 86.3. The van der Waals surface area contributed by atoms with E-state index in [0.717, 1.165) is 6.20 Å². The molecule has 0 radical (unpaired) electrons. The van der Waals surface area contributed by atoms with Crippen molar-refractivity contribution in [1.82, 2.24) is 19.4 Å². The maximum Gasteiger partial charge on any atom is 0.488 e. The lowest BCUT2D eigenvalue weighted by Gasteiger charge is -2.26. The minimum atomic E-state index is -4.65. The molecule has 1 amide bonds. The van der Waals surface area contributed by atoms with Crippen LogP contribution in [0, 0.1) is 0 Å². The van der Waals surface area contributed by atoms with E-state index in [0.29, 0.717) is 35.5 Å². The highest BCUT2D eigenvalue weighted by molar-refractivity contribution is 6.04. The number of anilines is 2. The molecule has 14 heteroatoms. The van der Waals surface area contributed by atoms with Gasteiger partial charge in [-0.05, 0) is 32.3 Å². The fraction of sp³-hybridized carbons (Fsp3) is 0.276. The zero-order chi connectivity index (χ0) is 31.5. The smallest absolute Gasteiger partial charge is 0.488 e. The third kappa shape index (κ3) is 7.08. The predicted molar refractivity (Wildman–Crippen MR) is 151 cm³/mol. The van der Waals surface area contributed by atoms with Gasteiger partial charge in [0.25, 0.3) is 11.7 Å². The molecule has 0 spiro atoms. The second-order valence-electron chi connectivity index (χ2n) is 9.87. The fourth-order valence-electron chi connectivity index (χ4n) is 4.49. The largest absolute Gasteiger partial charge is 0.496 e. The van der Waals surface area contributed by atoms with Gasteiger partial charge in [0.05, 0.1) is 29.7 Å². The SMILES string of the molecule is COc1cc(N(C)CCN(C)C)c(NC(=O)C(F)=C(F)F)cc1Cc1nccc(-c2cn(C(F)(F)F)c3ccccc23)n1. The summed E-state index contributed by atoms with van der Waals surface area (Å²) in [5.74, 6) is -3.31. The molecule has 0 aliphatic carbocycles. The maximum atomic E-state index is 13.8. The van der Waals surface area contributed by atoms with Crippen LogP contribution in [0.4, 0.5) is 37.7 Å². The second-order valence-corrected chi connectivity index (χ2v) is 9.87. The number of amides is 1. The molecule has 43 heavy (non-hydrogen) atoms. The van der Waals surface area contributed by atoms with Crippen molar-refractivity contribution in [2.24, 2.45) is 0 Å². The Bertz CT molecular complexity index is 1660. The van der Waals surface area contributed by atoms with E-state index in [1.165, 1.54) is 37.6 Å². The third-order valence-corrected chi connectivity index (χ3v) is 6.62. The predicted octanol–water partition coefficient (Wildman–Crippen LogP) is 6.19. The Morgan fingerprint density at radius 2 is 1.77 bits per heavy atom. The average Bonchev–Trinajstić information content (AvgIpc) is 3.36. The quantitative estimate of drug-likeness (QED) is 0.172. The van der Waals surface area contributed by atoms with Crippen molar-refractivity contribution >= 4 is 28.2 Å². The molecular formula is C29H28F6N6O2. The van der Waals surface area contributed by atoms with Gasteiger partial charge in [-0.3, -0.25) is 9.36 Å². The number of likely N-dealkylation sites (N-methyl/N-ethyl adjacent to an activating group) is 2. The van der Waals surface area contributed by atoms with E-state index in [1.807, 2.05) is 19.0 Å². The Hall–Kier alpha value is -4.59. The van der Waals surface area contributed by atoms with Crippen LogP contribution in [-0.4, -0.2) is 66.7 Å². The molecular weight excluding hydrogens is 578 g/mol. The van der Waals surface area contributed by atoms with Crippen LogP contribution < -0.4 is 15.0 Å². The topological polar surface area (TPSA) is 75.5 Å². The van der Waals surface area contributed by atoms with Crippen molar-refractivity contribution in [3.8, 4) is 17.0 Å². The van der Waals surface area contributed by atoms with Crippen molar-refractivity contribution in [1.29, 1.82) is 0 Å². The van der Waals surface area contributed by atoms with Gasteiger partial charge in [-0.15, -0.1) is 13.2 Å². The summed E-state index contributed by atoms with van der Waals surface area (Å²) in [6.07, 6.45) is -5.06. The summed E-state index contributed by atoms with van der Waals surface area (Å²) in [4.78, 5) is 24.6. The van der Waals surface area contributed by atoms with Gasteiger partial charge in [0, 0.05) is 61.5 Å². The summed E-state index contributed by atoms with van der Waals surface area (Å²) in [5, 5.41) is 2.54. The van der Waals surface area contributed by atoms with Gasteiger partial charge in [-0.2, -0.15) is 13.2 Å². The number of para-hydroxylation sites is 1. The zero-order valence-corrected chi connectivity index (χ0v) is 23.6. The van der Waals surface area contributed by atoms with Gasteiger partial charge in [-0.1, -0.05) is 18.2 Å². The molecule has 4 rings (SSSR count). The number of methoxy groups -OCH3 is 1. The number of nitrogens with one attached hydrogen (secondary N) is 1. The summed E-state index contributed by atoms with van der Waals surface area (Å²) in [7, 11) is 6.84. The molecule has 2 aromatic carbocycles. The number of aromatic nitrogens is 3. The highest BCUT2D eigenvalue weighted by Gasteiger charge is 2.33. The molecule has 0 fully saturated rings. The first kappa shape index (κ1) is 31.3. The fourth-order valence-corrected chi connectivity index (χ4v) is 4.49. The molecule has 0 saturated carbocycles. The molecule has 4 aromatic rings. The number of ether oxygens (including phenoxy) is 1. The van der Waals surface area contributed by atoms with Crippen LogP contribution in [0.25, 0.3) is 22.2 Å². The van der Waals surface area contributed by atoms with E-state index in [1.54, 1.807) is 30.1 Å². The summed E-state index contributed by atoms with van der Waals surface area (Å²) in [6.45, 7) is 1.07. The van der Waals surface area contributed by atoms with Crippen LogP contribution in [0.1, 0.15) is 11.4 Å². The van der Waals surface area contributed by atoms with E-state index >= 15 is 0 Å². The first-order valence-electron chi connectivity index (χ1n) is 12.9. The minimum absolute atomic E-state index is 0.0186. The van der Waals surface area contributed by atoms with Gasteiger partial charge in [0.15, 0.2) is 0 Å². The Kier molecular flexibility index (Phi) is 9.28. The van der Waals surface area contributed by atoms with Crippen molar-refractivity contribution in [3.63, 3.8) is 0 Å². The molecule has 228 valence electrons. The first-order chi connectivity index (χ1) is 20.3. The molecule has 0 unspecified atom stereocenters. The monoisotopic (exact) mass is 606 g/mol. The molecule has 1 N–H and O–H groups in total. The van der Waals surface area contributed by atoms with Crippen LogP contribution >= 0.6 is 0 Å². The van der Waals surface area contributed by atoms with Crippen molar-refractivity contribution in [3.05, 3.63) is 78.2 Å². The van der Waals surface area contributed by atoms with Gasteiger partial charge < -0.3 is 19.9 Å². The van der Waals surface area contributed by atoms with Crippen LogP contribution in [0.2, 0.25) is 0 Å². The van der Waals surface area contributed by atoms with E-state index in [2.05, 4.69) is 15.3 Å². The number of fused-ring (bicyclic) bond motifs is 1. The van der Waals surface area contributed by atoms with E-state index in [4.69, 9.17) is 4.74 Å². The number of nitrogens with zero attached hydrogens (tertiary/aromatic N) is 5. The van der Waals surface area contributed by atoms with Crippen LogP contribution in [-0.2, 0) is 17.5 Å². The molecule has 0 aliphatic rings. The highest BCUT2D eigenvalue weighted by atomic mass is 19.4. The van der Waals surface area contributed by atoms with Crippen LogP contribution in [0.3, 0.4) is 0 Å². The van der Waals surface area contributed by atoms with Crippen LogP contribution in [0.5, 0.6) is 5.75 Å². The lowest BCUT2D eigenvalue weighted by Crippen LogP contribution is -2.29. The van der Waals surface area contributed by atoms with E-state index < -0.39 is 24.1 Å². The molecule has 2 aromatic heterocycles. The molecule has 0 atom stereocenters. The number of hydrogen-bond donors (Lipinski definition) is 1. The van der Waals surface area contributed by atoms with Crippen molar-refractivity contribution < 1.29 is 35.9 Å². The zero-order valence-electron chi connectivity index (χ0n) is 23.6. The molecule has 0 aliphatic heterocycles. The number of alkyl halides is 3. The lowest BCUT2D eigenvalue weighted by molar-refractivity contribution is -0.200. The number of carbonyl (C=O) groups is 1. The highest BCUT2D eigenvalue weighted by Crippen LogP contribution is 2.37. The molecule has 2 heterocycles. The molecule has 0 bridgehead atoms. The van der Waals surface area contributed by atoms with Crippen molar-refractivity contribution in [2.75, 3.05) is 51.6 Å². The van der Waals surface area contributed by atoms with Crippen LogP contribution in [0.15, 0.2) is 66.8 Å². The molecule has 8 nitrogen and oxygen atoms in total. The number of benzene rings is 2. The Balaban J connectivity index is 1.76. The van der Waals surface area contributed by atoms with Gasteiger partial charge >= 0.3 is 12.4 Å².